The van der Waals surface area contributed by atoms with Gasteiger partial charge in [0.05, 0.1) is 5.56 Å². The molecule has 0 spiro atoms. The van der Waals surface area contributed by atoms with Gasteiger partial charge in [0.25, 0.3) is 11.8 Å². The van der Waals surface area contributed by atoms with Gasteiger partial charge in [-0.25, -0.2) is 5.43 Å². The van der Waals surface area contributed by atoms with E-state index in [1.54, 1.807) is 30.3 Å². The molecular formula is C21H22BrN3O2. The summed E-state index contributed by atoms with van der Waals surface area (Å²) in [6.07, 6.45) is 4.42. The Morgan fingerprint density at radius 1 is 1.04 bits per heavy atom. The number of rotatable bonds is 4. The van der Waals surface area contributed by atoms with Crippen LogP contribution in [0.5, 0.6) is 0 Å². The molecule has 0 unspecified atom stereocenters. The zero-order valence-corrected chi connectivity index (χ0v) is 16.8. The lowest BCUT2D eigenvalue weighted by molar-refractivity contribution is 0.0953. The van der Waals surface area contributed by atoms with Crippen LogP contribution in [0.4, 0.5) is 5.69 Å². The molecule has 0 radical (unpaired) electrons. The Bertz CT molecular complexity index is 862. The highest BCUT2D eigenvalue weighted by Crippen LogP contribution is 2.21. The highest BCUT2D eigenvalue weighted by atomic mass is 79.9. The van der Waals surface area contributed by atoms with E-state index in [1.807, 2.05) is 18.2 Å². The topological polar surface area (TPSA) is 70.6 Å². The van der Waals surface area contributed by atoms with Crippen molar-refractivity contribution in [3.63, 3.8) is 0 Å². The summed E-state index contributed by atoms with van der Waals surface area (Å²) in [4.78, 5) is 24.6. The van der Waals surface area contributed by atoms with Gasteiger partial charge >= 0.3 is 0 Å². The summed E-state index contributed by atoms with van der Waals surface area (Å²) in [7, 11) is 0. The zero-order chi connectivity index (χ0) is 19.2. The van der Waals surface area contributed by atoms with Gasteiger partial charge in [0.15, 0.2) is 0 Å². The molecule has 27 heavy (non-hydrogen) atoms. The molecule has 6 heteroatoms. The molecule has 2 aromatic rings. The number of hydrogen-bond donors (Lipinski definition) is 2. The van der Waals surface area contributed by atoms with Gasteiger partial charge in [-0.2, -0.15) is 5.10 Å². The minimum absolute atomic E-state index is 0.211. The third-order valence-corrected chi connectivity index (χ3v) is 5.40. The fourth-order valence-electron chi connectivity index (χ4n) is 3.07. The van der Waals surface area contributed by atoms with Crippen LogP contribution in [0.3, 0.4) is 0 Å². The molecule has 0 heterocycles. The van der Waals surface area contributed by atoms with Crippen molar-refractivity contribution in [1.29, 1.82) is 0 Å². The third-order valence-electron chi connectivity index (χ3n) is 4.71. The van der Waals surface area contributed by atoms with Crippen molar-refractivity contribution in [2.45, 2.75) is 32.6 Å². The molecule has 1 fully saturated rings. The average Bonchev–Trinajstić information content (AvgIpc) is 2.68. The van der Waals surface area contributed by atoms with Gasteiger partial charge in [-0.05, 0) is 77.5 Å². The molecule has 1 atom stereocenters. The summed E-state index contributed by atoms with van der Waals surface area (Å²) in [5.41, 5.74) is 5.39. The van der Waals surface area contributed by atoms with Crippen molar-refractivity contribution < 1.29 is 9.59 Å². The number of benzene rings is 2. The van der Waals surface area contributed by atoms with Gasteiger partial charge in [0, 0.05) is 21.4 Å². The predicted octanol–water partition coefficient (Wildman–Crippen LogP) is 5.00. The van der Waals surface area contributed by atoms with Crippen molar-refractivity contribution in [1.82, 2.24) is 5.43 Å². The Kier molecular flexibility index (Phi) is 6.40. The highest BCUT2D eigenvalue weighted by Gasteiger charge is 2.16. The standard InChI is InChI=1S/C21H22BrN3O2/c1-14-6-2-5-9-19(14)24-25-20(26)15-10-12-16(13-11-15)23-21(27)17-7-3-4-8-18(17)22/h3-4,7-8,10-14H,2,5-6,9H2,1H3,(H,23,27)(H,25,26)/b24-19+/t14-/m0/s1. The average molecular weight is 428 g/mol. The molecule has 2 amide bonds. The first-order chi connectivity index (χ1) is 13.0. The van der Waals surface area contributed by atoms with E-state index in [2.05, 4.69) is 38.7 Å². The van der Waals surface area contributed by atoms with Gasteiger partial charge in [0.1, 0.15) is 0 Å². The number of carbonyl (C=O) groups excluding carboxylic acids is 2. The highest BCUT2D eigenvalue weighted by molar-refractivity contribution is 9.10. The Hall–Kier alpha value is -2.47. The van der Waals surface area contributed by atoms with E-state index in [1.165, 1.54) is 6.42 Å². The number of nitrogens with zero attached hydrogens (tertiary/aromatic N) is 1. The van der Waals surface area contributed by atoms with Gasteiger partial charge in [-0.15, -0.1) is 0 Å². The first kappa shape index (κ1) is 19.3. The minimum atomic E-state index is -0.246. The molecule has 1 aliphatic carbocycles. The van der Waals surface area contributed by atoms with Crippen molar-refractivity contribution in [2.75, 3.05) is 5.32 Å². The molecule has 1 aliphatic rings. The van der Waals surface area contributed by atoms with E-state index in [9.17, 15) is 9.59 Å². The van der Waals surface area contributed by atoms with Crippen LogP contribution in [-0.4, -0.2) is 17.5 Å². The predicted molar refractivity (Wildman–Crippen MR) is 111 cm³/mol. The van der Waals surface area contributed by atoms with E-state index < -0.39 is 0 Å². The van der Waals surface area contributed by atoms with E-state index >= 15 is 0 Å². The van der Waals surface area contributed by atoms with Crippen molar-refractivity contribution in [2.24, 2.45) is 11.0 Å². The number of hydrogen-bond acceptors (Lipinski definition) is 3. The van der Waals surface area contributed by atoms with Gasteiger partial charge in [-0.1, -0.05) is 25.5 Å². The second kappa shape index (κ2) is 8.95. The third kappa shape index (κ3) is 5.04. The number of hydrazone groups is 1. The molecule has 0 aliphatic heterocycles. The van der Waals surface area contributed by atoms with E-state index in [-0.39, 0.29) is 11.8 Å². The fraction of sp³-hybridized carbons (Fsp3) is 0.286. The fourth-order valence-corrected chi connectivity index (χ4v) is 3.54. The zero-order valence-electron chi connectivity index (χ0n) is 15.2. The molecule has 3 rings (SSSR count). The summed E-state index contributed by atoms with van der Waals surface area (Å²) in [6, 6.07) is 14.0. The second-order valence-electron chi connectivity index (χ2n) is 6.70. The lowest BCUT2D eigenvalue weighted by Gasteiger charge is -2.19. The number of carbonyl (C=O) groups is 2. The molecule has 1 saturated carbocycles. The van der Waals surface area contributed by atoms with Crippen LogP contribution in [0.1, 0.15) is 53.3 Å². The molecule has 140 valence electrons. The van der Waals surface area contributed by atoms with Crippen LogP contribution in [-0.2, 0) is 0 Å². The van der Waals surface area contributed by atoms with Gasteiger partial charge in [0.2, 0.25) is 0 Å². The van der Waals surface area contributed by atoms with E-state index in [0.29, 0.717) is 22.7 Å². The Morgan fingerprint density at radius 2 is 1.78 bits per heavy atom. The Balaban J connectivity index is 1.61. The second-order valence-corrected chi connectivity index (χ2v) is 7.56. The first-order valence-corrected chi connectivity index (χ1v) is 9.86. The molecule has 0 saturated heterocycles. The summed E-state index contributed by atoms with van der Waals surface area (Å²) < 4.78 is 0.731. The Labute approximate surface area is 167 Å². The van der Waals surface area contributed by atoms with E-state index in [4.69, 9.17) is 0 Å². The smallest absolute Gasteiger partial charge is 0.271 e. The summed E-state index contributed by atoms with van der Waals surface area (Å²) >= 11 is 3.37. The molecule has 0 bridgehead atoms. The van der Waals surface area contributed by atoms with Crippen molar-refractivity contribution in [3.8, 4) is 0 Å². The molecule has 5 nitrogen and oxygen atoms in total. The molecule has 2 aromatic carbocycles. The maximum atomic E-state index is 12.3. The summed E-state index contributed by atoms with van der Waals surface area (Å²) in [5, 5.41) is 7.13. The summed E-state index contributed by atoms with van der Waals surface area (Å²) in [5.74, 6) is -0.0322. The maximum Gasteiger partial charge on any atom is 0.271 e. The van der Waals surface area contributed by atoms with Gasteiger partial charge in [-0.3, -0.25) is 9.59 Å². The molecular weight excluding hydrogens is 406 g/mol. The maximum absolute atomic E-state index is 12.3. The molecule has 2 N–H and O–H groups in total. The van der Waals surface area contributed by atoms with E-state index in [0.717, 1.165) is 29.4 Å². The van der Waals surface area contributed by atoms with Crippen LogP contribution in [0.25, 0.3) is 0 Å². The van der Waals surface area contributed by atoms with Gasteiger partial charge < -0.3 is 5.32 Å². The minimum Gasteiger partial charge on any atom is -0.322 e. The lowest BCUT2D eigenvalue weighted by Crippen LogP contribution is -2.24. The van der Waals surface area contributed by atoms with Crippen molar-refractivity contribution >= 4 is 39.1 Å². The monoisotopic (exact) mass is 427 g/mol. The summed E-state index contributed by atoms with van der Waals surface area (Å²) in [6.45, 7) is 2.15. The van der Waals surface area contributed by atoms with Crippen molar-refractivity contribution in [3.05, 3.63) is 64.1 Å². The quantitative estimate of drug-likeness (QED) is 0.673. The first-order valence-electron chi connectivity index (χ1n) is 9.07. The SMILES string of the molecule is C[C@H]1CCCC/C1=N\NC(=O)c1ccc(NC(=O)c2ccccc2Br)cc1. The number of amides is 2. The van der Waals surface area contributed by atoms with Crippen LogP contribution in [0.2, 0.25) is 0 Å². The lowest BCUT2D eigenvalue weighted by atomic mass is 9.89. The van der Waals surface area contributed by atoms with Crippen LogP contribution >= 0.6 is 15.9 Å². The largest absolute Gasteiger partial charge is 0.322 e. The normalized spacial score (nSPS) is 18.1. The number of nitrogens with one attached hydrogen (secondary N) is 2. The number of anilines is 1. The van der Waals surface area contributed by atoms with Crippen LogP contribution < -0.4 is 10.7 Å². The number of halogens is 1. The Morgan fingerprint density at radius 3 is 2.48 bits per heavy atom. The molecule has 0 aromatic heterocycles. The van der Waals surface area contributed by atoms with Crippen LogP contribution in [0, 0.1) is 5.92 Å². The van der Waals surface area contributed by atoms with Crippen LogP contribution in [0.15, 0.2) is 58.1 Å².